The van der Waals surface area contributed by atoms with E-state index in [9.17, 15) is 9.59 Å². The standard InChI is InChI=1S/2C12H22N2O2/c2*1-12(2,3)16-11(15)14-10-6-8-4-5-9(7-10)13-8/h2*8-10,13H,4-7H2,1-3H3,(H,14,15)/t2*8-,9+,10?. The molecule has 4 fully saturated rings. The lowest BCUT2D eigenvalue weighted by molar-refractivity contribution is 0.0477. The first kappa shape index (κ1) is 25.1. The molecule has 0 aromatic heterocycles. The van der Waals surface area contributed by atoms with E-state index in [1.807, 2.05) is 41.5 Å². The number of piperidine rings is 2. The van der Waals surface area contributed by atoms with Crippen molar-refractivity contribution in [3.8, 4) is 0 Å². The fraction of sp³-hybridized carbons (Fsp3) is 0.917. The van der Waals surface area contributed by atoms with Crippen molar-refractivity contribution < 1.29 is 19.1 Å². The van der Waals surface area contributed by atoms with E-state index in [0.717, 1.165) is 25.7 Å². The predicted molar refractivity (Wildman–Crippen MR) is 125 cm³/mol. The van der Waals surface area contributed by atoms with Gasteiger partial charge in [0.2, 0.25) is 0 Å². The van der Waals surface area contributed by atoms with E-state index in [2.05, 4.69) is 21.3 Å². The molecule has 8 heteroatoms. The quantitative estimate of drug-likeness (QED) is 0.511. The molecule has 4 rings (SSSR count). The maximum Gasteiger partial charge on any atom is 0.407 e. The van der Waals surface area contributed by atoms with E-state index in [0.29, 0.717) is 24.2 Å². The number of amides is 2. The number of carbonyl (C=O) groups is 2. The molecule has 2 amide bonds. The highest BCUT2D eigenvalue weighted by atomic mass is 16.6. The third-order valence-electron chi connectivity index (χ3n) is 6.39. The Labute approximate surface area is 193 Å². The number of carbonyl (C=O) groups excluding carboxylic acids is 2. The minimum Gasteiger partial charge on any atom is -0.444 e. The molecule has 4 aliphatic heterocycles. The zero-order valence-corrected chi connectivity index (χ0v) is 20.8. The number of hydrogen-bond donors (Lipinski definition) is 4. The molecule has 4 N–H and O–H groups in total. The summed E-state index contributed by atoms with van der Waals surface area (Å²) in [6, 6.07) is 2.96. The lowest BCUT2D eigenvalue weighted by Crippen LogP contribution is -2.49. The molecule has 8 nitrogen and oxygen atoms in total. The van der Waals surface area contributed by atoms with Crippen LogP contribution in [0.3, 0.4) is 0 Å². The van der Waals surface area contributed by atoms with Gasteiger partial charge in [0.25, 0.3) is 0 Å². The van der Waals surface area contributed by atoms with Crippen molar-refractivity contribution in [2.24, 2.45) is 0 Å². The average Bonchev–Trinajstić information content (AvgIpc) is 3.12. The van der Waals surface area contributed by atoms with Gasteiger partial charge < -0.3 is 30.7 Å². The van der Waals surface area contributed by atoms with E-state index in [1.165, 1.54) is 25.7 Å². The number of rotatable bonds is 2. The summed E-state index contributed by atoms with van der Waals surface area (Å²) in [6.45, 7) is 11.3. The van der Waals surface area contributed by atoms with E-state index in [1.54, 1.807) is 0 Å². The second-order valence-electron chi connectivity index (χ2n) is 11.9. The van der Waals surface area contributed by atoms with Gasteiger partial charge in [-0.2, -0.15) is 0 Å². The Morgan fingerprint density at radius 1 is 0.625 bits per heavy atom. The van der Waals surface area contributed by atoms with Crippen LogP contribution in [0.5, 0.6) is 0 Å². The van der Waals surface area contributed by atoms with E-state index in [4.69, 9.17) is 9.47 Å². The minimum absolute atomic E-state index is 0.279. The van der Waals surface area contributed by atoms with Crippen LogP contribution < -0.4 is 21.3 Å². The third kappa shape index (κ3) is 8.43. The molecule has 4 saturated heterocycles. The van der Waals surface area contributed by atoms with Crippen molar-refractivity contribution in [3.63, 3.8) is 0 Å². The summed E-state index contributed by atoms with van der Waals surface area (Å²) in [4.78, 5) is 23.2. The molecule has 6 atom stereocenters. The van der Waals surface area contributed by atoms with Crippen molar-refractivity contribution in [1.29, 1.82) is 0 Å². The molecule has 0 aromatic carbocycles. The van der Waals surface area contributed by atoms with E-state index >= 15 is 0 Å². The van der Waals surface area contributed by atoms with Crippen molar-refractivity contribution in [1.82, 2.24) is 21.3 Å². The highest BCUT2D eigenvalue weighted by Gasteiger charge is 2.35. The Balaban J connectivity index is 0.000000181. The Morgan fingerprint density at radius 3 is 1.16 bits per heavy atom. The van der Waals surface area contributed by atoms with Gasteiger partial charge in [-0.15, -0.1) is 0 Å². The summed E-state index contributed by atoms with van der Waals surface area (Å²) in [7, 11) is 0. The van der Waals surface area contributed by atoms with Crippen molar-refractivity contribution in [3.05, 3.63) is 0 Å². The summed E-state index contributed by atoms with van der Waals surface area (Å²) in [5.41, 5.74) is -0.814. The summed E-state index contributed by atoms with van der Waals surface area (Å²) >= 11 is 0. The third-order valence-corrected chi connectivity index (χ3v) is 6.39. The normalized spacial score (nSPS) is 33.6. The Hall–Kier alpha value is -1.54. The number of ether oxygens (including phenoxy) is 2. The molecule has 0 aliphatic carbocycles. The number of fused-ring (bicyclic) bond motifs is 4. The van der Waals surface area contributed by atoms with Gasteiger partial charge in [0.1, 0.15) is 11.2 Å². The number of alkyl carbamates (subject to hydrolysis) is 2. The molecule has 4 bridgehead atoms. The van der Waals surface area contributed by atoms with E-state index < -0.39 is 11.2 Å². The summed E-state index contributed by atoms with van der Waals surface area (Å²) in [5, 5.41) is 13.0. The topological polar surface area (TPSA) is 101 Å². The van der Waals surface area contributed by atoms with Crippen LogP contribution in [-0.4, -0.2) is 59.6 Å². The maximum absolute atomic E-state index is 11.6. The first-order chi connectivity index (χ1) is 14.8. The second kappa shape index (κ2) is 10.2. The lowest BCUT2D eigenvalue weighted by atomic mass is 10.0. The van der Waals surface area contributed by atoms with Crippen LogP contribution in [0.4, 0.5) is 9.59 Å². The van der Waals surface area contributed by atoms with Gasteiger partial charge in [-0.1, -0.05) is 0 Å². The van der Waals surface area contributed by atoms with Gasteiger partial charge in [0.05, 0.1) is 0 Å². The first-order valence-electron chi connectivity index (χ1n) is 12.4. The summed E-state index contributed by atoms with van der Waals surface area (Å²) in [6.07, 6.45) is 8.58. The van der Waals surface area contributed by atoms with Crippen molar-refractivity contribution >= 4 is 12.2 Å². The SMILES string of the molecule is CC(C)(C)OC(=O)NC1C[C@H]2CC[C@@H](C1)N2.CC(C)(C)OC(=O)NC1C[C@H]2CC[C@@H](C1)N2. The molecular weight excluding hydrogens is 408 g/mol. The molecule has 0 radical (unpaired) electrons. The fourth-order valence-electron chi connectivity index (χ4n) is 5.30. The zero-order valence-electron chi connectivity index (χ0n) is 20.8. The lowest BCUT2D eigenvalue weighted by Gasteiger charge is -2.30. The molecule has 2 unspecified atom stereocenters. The smallest absolute Gasteiger partial charge is 0.407 e. The molecule has 32 heavy (non-hydrogen) atoms. The van der Waals surface area contributed by atoms with Crippen LogP contribution >= 0.6 is 0 Å². The first-order valence-corrected chi connectivity index (χ1v) is 12.4. The van der Waals surface area contributed by atoms with Gasteiger partial charge in [-0.05, 0) is 92.9 Å². The van der Waals surface area contributed by atoms with Crippen LogP contribution in [0.2, 0.25) is 0 Å². The van der Waals surface area contributed by atoms with Crippen LogP contribution in [0.15, 0.2) is 0 Å². The molecule has 0 saturated carbocycles. The maximum atomic E-state index is 11.6. The van der Waals surface area contributed by atoms with Crippen molar-refractivity contribution in [2.45, 2.75) is 140 Å². The van der Waals surface area contributed by atoms with Gasteiger partial charge >= 0.3 is 12.2 Å². The van der Waals surface area contributed by atoms with Crippen molar-refractivity contribution in [2.75, 3.05) is 0 Å². The zero-order chi connectivity index (χ0) is 23.5. The summed E-state index contributed by atoms with van der Waals surface area (Å²) in [5.74, 6) is 0. The molecule has 4 aliphatic rings. The van der Waals surface area contributed by atoms with Gasteiger partial charge in [0.15, 0.2) is 0 Å². The molecule has 0 spiro atoms. The molecule has 184 valence electrons. The van der Waals surface area contributed by atoms with Crippen LogP contribution in [0, 0.1) is 0 Å². The van der Waals surface area contributed by atoms with E-state index in [-0.39, 0.29) is 24.3 Å². The Kier molecular flexibility index (Phi) is 7.97. The molecule has 4 heterocycles. The fourth-order valence-corrected chi connectivity index (χ4v) is 5.30. The Morgan fingerprint density at radius 2 is 0.906 bits per heavy atom. The average molecular weight is 453 g/mol. The second-order valence-corrected chi connectivity index (χ2v) is 11.9. The summed E-state index contributed by atoms with van der Waals surface area (Å²) < 4.78 is 10.5. The monoisotopic (exact) mass is 452 g/mol. The van der Waals surface area contributed by atoms with Gasteiger partial charge in [0, 0.05) is 36.3 Å². The minimum atomic E-state index is -0.407. The van der Waals surface area contributed by atoms with Crippen LogP contribution in [0.1, 0.15) is 92.9 Å². The molecule has 0 aromatic rings. The Bertz CT molecular complexity index is 577. The number of nitrogens with one attached hydrogen (secondary N) is 4. The number of hydrogen-bond acceptors (Lipinski definition) is 6. The highest BCUT2D eigenvalue weighted by Crippen LogP contribution is 2.28. The predicted octanol–water partition coefficient (Wildman–Crippen LogP) is 3.59. The highest BCUT2D eigenvalue weighted by molar-refractivity contribution is 5.68. The largest absolute Gasteiger partial charge is 0.444 e. The van der Waals surface area contributed by atoms with Gasteiger partial charge in [-0.3, -0.25) is 0 Å². The van der Waals surface area contributed by atoms with Gasteiger partial charge in [-0.25, -0.2) is 9.59 Å². The van der Waals surface area contributed by atoms with Crippen LogP contribution in [-0.2, 0) is 9.47 Å². The van der Waals surface area contributed by atoms with Crippen LogP contribution in [0.25, 0.3) is 0 Å². The molecular formula is C24H44N4O4.